The van der Waals surface area contributed by atoms with Crippen molar-refractivity contribution < 1.29 is 4.92 Å². The lowest BCUT2D eigenvalue weighted by atomic mass is 10.1. The first kappa shape index (κ1) is 8.94. The monoisotopic (exact) mass is 173 g/mol. The molecule has 0 spiro atoms. The molecule has 0 saturated carbocycles. The molecule has 1 aromatic rings. The molecule has 0 unspecified atom stereocenters. The summed E-state index contributed by atoms with van der Waals surface area (Å²) in [6, 6.07) is 6.18. The Morgan fingerprint density at radius 2 is 2.08 bits per heavy atom. The van der Waals surface area contributed by atoms with Crippen LogP contribution in [0.4, 0.5) is 5.69 Å². The van der Waals surface area contributed by atoms with Gasteiger partial charge in [0.2, 0.25) is 0 Å². The van der Waals surface area contributed by atoms with Crippen molar-refractivity contribution in [3.8, 4) is 6.07 Å². The molecule has 0 heterocycles. The van der Waals surface area contributed by atoms with E-state index in [0.29, 0.717) is 0 Å². The molecule has 0 fully saturated rings. The molecule has 63 valence electrons. The lowest BCUT2D eigenvalue weighted by Gasteiger charge is -1.97. The number of benzene rings is 1. The fourth-order valence-electron chi connectivity index (χ4n) is 0.973. The average molecular weight is 173 g/mol. The summed E-state index contributed by atoms with van der Waals surface area (Å²) < 4.78 is 0. The number of hydrogen-bond acceptors (Lipinski definition) is 3. The molecule has 0 amide bonds. The molecule has 0 saturated heterocycles. The number of para-hydroxylation sites is 1. The second kappa shape index (κ2) is 3.50. The highest BCUT2D eigenvalue weighted by molar-refractivity contribution is 5.55. The highest BCUT2D eigenvalue weighted by Crippen LogP contribution is 2.22. The van der Waals surface area contributed by atoms with E-state index in [-0.39, 0.29) is 16.8 Å². The van der Waals surface area contributed by atoms with Gasteiger partial charge < -0.3 is 0 Å². The molecule has 0 aliphatic carbocycles. The molecular weight excluding hydrogens is 168 g/mol. The fourth-order valence-corrected chi connectivity index (χ4v) is 0.973. The molecule has 1 rings (SSSR count). The number of nitrogens with zero attached hydrogens (tertiary/aromatic N) is 2. The van der Waals surface area contributed by atoms with Gasteiger partial charge >= 0.3 is 0 Å². The van der Waals surface area contributed by atoms with Crippen LogP contribution in [0.2, 0.25) is 0 Å². The fraction of sp³-hybridized carbons (Fsp3) is 0. The number of nitro benzene ring substituents is 1. The molecule has 0 aliphatic rings. The highest BCUT2D eigenvalue weighted by atomic mass is 16.6. The molecule has 0 N–H and O–H groups in total. The van der Waals surface area contributed by atoms with Crippen molar-refractivity contribution in [1.82, 2.24) is 0 Å². The Balaban J connectivity index is 3.49. The second-order valence-electron chi connectivity index (χ2n) is 2.25. The second-order valence-corrected chi connectivity index (χ2v) is 2.25. The summed E-state index contributed by atoms with van der Waals surface area (Å²) >= 11 is 0. The van der Waals surface area contributed by atoms with Crippen LogP contribution in [-0.2, 0) is 0 Å². The molecule has 4 heteroatoms. The Bertz CT molecular complexity index is 405. The summed E-state index contributed by atoms with van der Waals surface area (Å²) in [5, 5.41) is 19.1. The molecule has 4 nitrogen and oxygen atoms in total. The summed E-state index contributed by atoms with van der Waals surface area (Å²) in [4.78, 5) is 9.94. The molecule has 1 radical (unpaired) electrons. The highest BCUT2D eigenvalue weighted by Gasteiger charge is 2.16. The molecule has 13 heavy (non-hydrogen) atoms. The van der Waals surface area contributed by atoms with Crippen molar-refractivity contribution in [3.05, 3.63) is 52.1 Å². The number of hydrogen-bond donors (Lipinski definition) is 0. The first-order valence-corrected chi connectivity index (χ1v) is 3.41. The SMILES string of the molecule is C=[C]c1cccc(C#N)c1[N+](=O)[O-]. The van der Waals surface area contributed by atoms with Crippen molar-refractivity contribution in [1.29, 1.82) is 5.26 Å². The van der Waals surface area contributed by atoms with E-state index in [1.54, 1.807) is 12.1 Å². The summed E-state index contributed by atoms with van der Waals surface area (Å²) in [7, 11) is 0. The zero-order valence-corrected chi connectivity index (χ0v) is 6.65. The molecule has 0 aromatic heterocycles. The molecule has 0 aliphatic heterocycles. The van der Waals surface area contributed by atoms with Gasteiger partial charge in [-0.25, -0.2) is 0 Å². The number of nitro groups is 1. The summed E-state index contributed by atoms with van der Waals surface area (Å²) in [5.41, 5.74) is 0.0303. The largest absolute Gasteiger partial charge is 0.294 e. The minimum Gasteiger partial charge on any atom is -0.258 e. The summed E-state index contributed by atoms with van der Waals surface area (Å²) in [5.74, 6) is 0. The summed E-state index contributed by atoms with van der Waals surface area (Å²) in [6.45, 7) is 3.31. The van der Waals surface area contributed by atoms with Gasteiger partial charge in [0.05, 0.1) is 10.5 Å². The minimum absolute atomic E-state index is 0.0265. The predicted molar refractivity (Wildman–Crippen MR) is 45.8 cm³/mol. The summed E-state index contributed by atoms with van der Waals surface area (Å²) in [6.07, 6.45) is 2.41. The van der Waals surface area contributed by atoms with E-state index >= 15 is 0 Å². The van der Waals surface area contributed by atoms with Gasteiger partial charge in [0.1, 0.15) is 11.6 Å². The maximum absolute atomic E-state index is 10.5. The van der Waals surface area contributed by atoms with Gasteiger partial charge in [0.15, 0.2) is 0 Å². The van der Waals surface area contributed by atoms with Gasteiger partial charge in [0, 0.05) is 0 Å². The lowest BCUT2D eigenvalue weighted by molar-refractivity contribution is -0.385. The third-order valence-corrected chi connectivity index (χ3v) is 1.53. The van der Waals surface area contributed by atoms with E-state index in [4.69, 9.17) is 5.26 Å². The first-order valence-electron chi connectivity index (χ1n) is 3.41. The van der Waals surface area contributed by atoms with Gasteiger partial charge in [-0.1, -0.05) is 12.6 Å². The van der Waals surface area contributed by atoms with E-state index in [2.05, 4.69) is 12.7 Å². The van der Waals surface area contributed by atoms with Gasteiger partial charge in [0.25, 0.3) is 5.69 Å². The van der Waals surface area contributed by atoms with Crippen molar-refractivity contribution in [2.75, 3.05) is 0 Å². The van der Waals surface area contributed by atoms with Gasteiger partial charge in [-0.3, -0.25) is 10.1 Å². The zero-order valence-electron chi connectivity index (χ0n) is 6.65. The van der Waals surface area contributed by atoms with Crippen LogP contribution in [0.3, 0.4) is 0 Å². The van der Waals surface area contributed by atoms with E-state index in [1.807, 2.05) is 0 Å². The van der Waals surface area contributed by atoms with Gasteiger partial charge in [-0.05, 0) is 18.2 Å². The third-order valence-electron chi connectivity index (χ3n) is 1.53. The van der Waals surface area contributed by atoms with Crippen molar-refractivity contribution >= 4 is 5.69 Å². The average Bonchev–Trinajstić information content (AvgIpc) is 2.16. The number of nitriles is 1. The lowest BCUT2D eigenvalue weighted by Crippen LogP contribution is -1.95. The maximum Gasteiger partial charge on any atom is 0.294 e. The van der Waals surface area contributed by atoms with Crippen LogP contribution in [0.25, 0.3) is 0 Å². The van der Waals surface area contributed by atoms with Crippen molar-refractivity contribution in [2.45, 2.75) is 0 Å². The molecular formula is C9H5N2O2. The van der Waals surface area contributed by atoms with Crippen LogP contribution in [-0.4, -0.2) is 4.92 Å². The number of rotatable bonds is 2. The van der Waals surface area contributed by atoms with Crippen LogP contribution in [0.1, 0.15) is 11.1 Å². The van der Waals surface area contributed by atoms with Crippen LogP contribution in [0.15, 0.2) is 24.8 Å². The van der Waals surface area contributed by atoms with Crippen LogP contribution >= 0.6 is 0 Å². The smallest absolute Gasteiger partial charge is 0.258 e. The Morgan fingerprint density at radius 1 is 1.46 bits per heavy atom. The Labute approximate surface area is 74.9 Å². The van der Waals surface area contributed by atoms with Gasteiger partial charge in [-0.2, -0.15) is 5.26 Å². The topological polar surface area (TPSA) is 66.9 Å². The van der Waals surface area contributed by atoms with E-state index < -0.39 is 4.92 Å². The Morgan fingerprint density at radius 3 is 2.54 bits per heavy atom. The Hall–Kier alpha value is -2.15. The molecule has 1 aromatic carbocycles. The van der Waals surface area contributed by atoms with Crippen LogP contribution < -0.4 is 0 Å². The van der Waals surface area contributed by atoms with Crippen LogP contribution in [0.5, 0.6) is 0 Å². The van der Waals surface area contributed by atoms with Gasteiger partial charge in [-0.15, -0.1) is 0 Å². The van der Waals surface area contributed by atoms with Crippen LogP contribution in [0, 0.1) is 27.5 Å². The van der Waals surface area contributed by atoms with Crippen molar-refractivity contribution in [3.63, 3.8) is 0 Å². The standard InChI is InChI=1S/C9H5N2O2/c1-2-7-4-3-5-8(6-10)9(7)11(12)13/h3-5H,1H2. The molecule has 0 bridgehead atoms. The molecule has 0 atom stereocenters. The van der Waals surface area contributed by atoms with E-state index in [1.165, 1.54) is 12.1 Å². The van der Waals surface area contributed by atoms with E-state index in [9.17, 15) is 10.1 Å². The zero-order chi connectivity index (χ0) is 9.84. The maximum atomic E-state index is 10.5. The van der Waals surface area contributed by atoms with E-state index in [0.717, 1.165) is 0 Å². The van der Waals surface area contributed by atoms with Crippen molar-refractivity contribution in [2.24, 2.45) is 0 Å². The normalized spacial score (nSPS) is 8.85. The predicted octanol–water partition coefficient (Wildman–Crippen LogP) is 1.80. The third kappa shape index (κ3) is 1.54. The quantitative estimate of drug-likeness (QED) is 0.505. The Kier molecular flexibility index (Phi) is 2.41. The minimum atomic E-state index is -0.605. The first-order chi connectivity index (χ1) is 6.20.